The van der Waals surface area contributed by atoms with Crippen molar-refractivity contribution in [3.63, 3.8) is 0 Å². The average molecular weight is 321 g/mol. The van der Waals surface area contributed by atoms with E-state index in [1.165, 1.54) is 11.3 Å². The summed E-state index contributed by atoms with van der Waals surface area (Å²) in [5.41, 5.74) is 3.69. The minimum atomic E-state index is -0.0228. The van der Waals surface area contributed by atoms with Crippen LogP contribution in [0.2, 0.25) is 0 Å². The summed E-state index contributed by atoms with van der Waals surface area (Å²) in [5, 5.41) is 3.84. The Kier molecular flexibility index (Phi) is 3.35. The number of fused-ring (bicyclic) bond motifs is 1. The lowest BCUT2D eigenvalue weighted by atomic mass is 10.1. The molecule has 0 spiro atoms. The summed E-state index contributed by atoms with van der Waals surface area (Å²) in [7, 11) is 0. The van der Waals surface area contributed by atoms with Crippen LogP contribution in [0.1, 0.15) is 16.8 Å². The highest BCUT2D eigenvalue weighted by Gasteiger charge is 2.15. The molecule has 4 nitrogen and oxygen atoms in total. The number of thiazole rings is 1. The first-order chi connectivity index (χ1) is 11.2. The topological polar surface area (TPSA) is 50.7 Å². The minimum absolute atomic E-state index is 0.0228. The van der Waals surface area contributed by atoms with Crippen molar-refractivity contribution in [3.05, 3.63) is 81.8 Å². The fourth-order valence-corrected chi connectivity index (χ4v) is 3.61. The van der Waals surface area contributed by atoms with Crippen LogP contribution < -0.4 is 5.56 Å². The molecule has 0 fully saturated rings. The van der Waals surface area contributed by atoms with Gasteiger partial charge in [0.1, 0.15) is 0 Å². The lowest BCUT2D eigenvalue weighted by Crippen LogP contribution is -2.17. The Hall–Kier alpha value is -2.66. The van der Waals surface area contributed by atoms with Crippen LogP contribution in [0, 0.1) is 6.92 Å². The van der Waals surface area contributed by atoms with Crippen LogP contribution in [0.3, 0.4) is 0 Å². The van der Waals surface area contributed by atoms with E-state index in [1.807, 2.05) is 61.5 Å². The SMILES string of the molecule is Cc1[nH]n(-c2nc3ccccc3s2)c(=O)c1Cc1ccccc1. The molecule has 1 N–H and O–H groups in total. The third-order valence-electron chi connectivity index (χ3n) is 3.89. The van der Waals surface area contributed by atoms with Gasteiger partial charge < -0.3 is 0 Å². The Morgan fingerprint density at radius 2 is 1.83 bits per heavy atom. The molecular weight excluding hydrogens is 306 g/mol. The Morgan fingerprint density at radius 3 is 2.61 bits per heavy atom. The zero-order valence-electron chi connectivity index (χ0n) is 12.6. The molecule has 0 aliphatic rings. The summed E-state index contributed by atoms with van der Waals surface area (Å²) in [4.78, 5) is 17.3. The molecule has 0 unspecified atom stereocenters. The predicted octanol–water partition coefficient (Wildman–Crippen LogP) is 3.67. The number of nitrogens with one attached hydrogen (secondary N) is 1. The summed E-state index contributed by atoms with van der Waals surface area (Å²) < 4.78 is 2.63. The number of aromatic nitrogens is 3. The molecule has 0 aliphatic carbocycles. The van der Waals surface area contributed by atoms with Gasteiger partial charge in [-0.3, -0.25) is 9.89 Å². The molecular formula is C18H15N3OS. The number of para-hydroxylation sites is 1. The largest absolute Gasteiger partial charge is 0.293 e. The summed E-state index contributed by atoms with van der Waals surface area (Å²) in [5.74, 6) is 0. The standard InChI is InChI=1S/C18H15N3OS/c1-12-14(11-13-7-3-2-4-8-13)17(22)21(20-12)18-19-15-9-5-6-10-16(15)23-18/h2-10,20H,11H2,1H3. The summed E-state index contributed by atoms with van der Waals surface area (Å²) >= 11 is 1.51. The fraction of sp³-hybridized carbons (Fsp3) is 0.111. The average Bonchev–Trinajstić information content (AvgIpc) is 3.12. The molecule has 2 heterocycles. The van der Waals surface area contributed by atoms with Crippen molar-refractivity contribution in [1.82, 2.24) is 14.8 Å². The third kappa shape index (κ3) is 2.49. The van der Waals surface area contributed by atoms with E-state index in [9.17, 15) is 4.79 Å². The summed E-state index contributed by atoms with van der Waals surface area (Å²) in [6.07, 6.45) is 0.625. The van der Waals surface area contributed by atoms with Gasteiger partial charge in [0.15, 0.2) is 0 Å². The van der Waals surface area contributed by atoms with Crippen LogP contribution in [-0.2, 0) is 6.42 Å². The van der Waals surface area contributed by atoms with Gasteiger partial charge in [0, 0.05) is 17.7 Å². The first-order valence-electron chi connectivity index (χ1n) is 7.43. The van der Waals surface area contributed by atoms with Crippen LogP contribution in [0.4, 0.5) is 0 Å². The minimum Gasteiger partial charge on any atom is -0.293 e. The molecule has 4 aromatic rings. The quantitative estimate of drug-likeness (QED) is 0.626. The van der Waals surface area contributed by atoms with Crippen molar-refractivity contribution < 1.29 is 0 Å². The van der Waals surface area contributed by atoms with E-state index in [-0.39, 0.29) is 5.56 Å². The number of H-pyrrole nitrogens is 1. The van der Waals surface area contributed by atoms with E-state index >= 15 is 0 Å². The molecule has 23 heavy (non-hydrogen) atoms. The molecule has 0 aliphatic heterocycles. The highest BCUT2D eigenvalue weighted by atomic mass is 32.1. The monoisotopic (exact) mass is 321 g/mol. The molecule has 2 aromatic carbocycles. The van der Waals surface area contributed by atoms with E-state index in [1.54, 1.807) is 4.68 Å². The maximum Gasteiger partial charge on any atom is 0.277 e. The maximum atomic E-state index is 12.8. The lowest BCUT2D eigenvalue weighted by molar-refractivity contribution is 0.828. The van der Waals surface area contributed by atoms with Gasteiger partial charge >= 0.3 is 0 Å². The second-order valence-electron chi connectivity index (χ2n) is 5.48. The number of nitrogens with zero attached hydrogens (tertiary/aromatic N) is 2. The molecule has 2 aromatic heterocycles. The lowest BCUT2D eigenvalue weighted by Gasteiger charge is -1.98. The molecule has 5 heteroatoms. The Bertz CT molecular complexity index is 994. The van der Waals surface area contributed by atoms with Gasteiger partial charge in [-0.25, -0.2) is 4.98 Å². The Morgan fingerprint density at radius 1 is 1.09 bits per heavy atom. The van der Waals surface area contributed by atoms with E-state index in [0.29, 0.717) is 11.6 Å². The zero-order chi connectivity index (χ0) is 15.8. The fourth-order valence-electron chi connectivity index (χ4n) is 2.68. The Labute approximate surface area is 137 Å². The van der Waals surface area contributed by atoms with Gasteiger partial charge in [-0.05, 0) is 24.6 Å². The highest BCUT2D eigenvalue weighted by Crippen LogP contribution is 2.23. The second kappa shape index (κ2) is 5.52. The van der Waals surface area contributed by atoms with E-state index in [2.05, 4.69) is 10.1 Å². The summed E-state index contributed by atoms with van der Waals surface area (Å²) in [6, 6.07) is 17.9. The van der Waals surface area contributed by atoms with Gasteiger partial charge in [-0.1, -0.05) is 53.8 Å². The van der Waals surface area contributed by atoms with Gasteiger partial charge in [-0.15, -0.1) is 0 Å². The number of aromatic amines is 1. The molecule has 0 radical (unpaired) electrons. The molecule has 0 saturated heterocycles. The smallest absolute Gasteiger partial charge is 0.277 e. The molecule has 0 saturated carbocycles. The number of rotatable bonds is 3. The van der Waals surface area contributed by atoms with Gasteiger partial charge in [0.05, 0.1) is 10.2 Å². The van der Waals surface area contributed by atoms with Crippen molar-refractivity contribution in [3.8, 4) is 5.13 Å². The number of aryl methyl sites for hydroxylation is 1. The molecule has 0 amide bonds. The molecule has 4 rings (SSSR count). The van der Waals surface area contributed by atoms with Crippen molar-refractivity contribution in [2.24, 2.45) is 0 Å². The summed E-state index contributed by atoms with van der Waals surface area (Å²) in [6.45, 7) is 1.93. The van der Waals surface area contributed by atoms with Gasteiger partial charge in [0.25, 0.3) is 5.56 Å². The van der Waals surface area contributed by atoms with Crippen molar-refractivity contribution >= 4 is 21.6 Å². The van der Waals surface area contributed by atoms with Crippen LogP contribution in [0.25, 0.3) is 15.3 Å². The van der Waals surface area contributed by atoms with Crippen LogP contribution in [-0.4, -0.2) is 14.8 Å². The van der Waals surface area contributed by atoms with Crippen LogP contribution >= 0.6 is 11.3 Å². The third-order valence-corrected chi connectivity index (χ3v) is 4.91. The molecule has 0 bridgehead atoms. The number of benzene rings is 2. The van der Waals surface area contributed by atoms with E-state index in [0.717, 1.165) is 27.0 Å². The maximum absolute atomic E-state index is 12.8. The molecule has 114 valence electrons. The number of hydrogen-bond donors (Lipinski definition) is 1. The van der Waals surface area contributed by atoms with Gasteiger partial charge in [-0.2, -0.15) is 4.68 Å². The van der Waals surface area contributed by atoms with E-state index in [4.69, 9.17) is 0 Å². The van der Waals surface area contributed by atoms with Crippen LogP contribution in [0.15, 0.2) is 59.4 Å². The van der Waals surface area contributed by atoms with Crippen LogP contribution in [0.5, 0.6) is 0 Å². The number of hydrogen-bond acceptors (Lipinski definition) is 3. The Balaban J connectivity index is 1.79. The van der Waals surface area contributed by atoms with Crippen molar-refractivity contribution in [2.75, 3.05) is 0 Å². The normalized spacial score (nSPS) is 11.2. The first-order valence-corrected chi connectivity index (χ1v) is 8.24. The second-order valence-corrected chi connectivity index (χ2v) is 6.49. The van der Waals surface area contributed by atoms with E-state index < -0.39 is 0 Å². The zero-order valence-corrected chi connectivity index (χ0v) is 13.4. The van der Waals surface area contributed by atoms with Crippen molar-refractivity contribution in [1.29, 1.82) is 0 Å². The van der Waals surface area contributed by atoms with Gasteiger partial charge in [0.2, 0.25) is 5.13 Å². The van der Waals surface area contributed by atoms with Crippen molar-refractivity contribution in [2.45, 2.75) is 13.3 Å². The predicted molar refractivity (Wildman–Crippen MR) is 93.6 cm³/mol. The first kappa shape index (κ1) is 14.0. The molecule has 0 atom stereocenters. The highest BCUT2D eigenvalue weighted by molar-refractivity contribution is 7.20.